The van der Waals surface area contributed by atoms with Crippen LogP contribution in [0.25, 0.3) is 0 Å². The maximum absolute atomic E-state index is 5.37. The van der Waals surface area contributed by atoms with Gasteiger partial charge in [0.25, 0.3) is 0 Å². The molecule has 0 aromatic heterocycles. The summed E-state index contributed by atoms with van der Waals surface area (Å²) in [5, 5.41) is 0. The van der Waals surface area contributed by atoms with Crippen molar-refractivity contribution in [2.75, 3.05) is 6.61 Å². The second-order valence-electron chi connectivity index (χ2n) is 2.68. The normalized spacial score (nSPS) is 30.6. The van der Waals surface area contributed by atoms with Gasteiger partial charge >= 0.3 is 0 Å². The van der Waals surface area contributed by atoms with Crippen molar-refractivity contribution in [2.24, 2.45) is 0 Å². The van der Waals surface area contributed by atoms with Crippen LogP contribution in [0.1, 0.15) is 33.1 Å². The van der Waals surface area contributed by atoms with Crippen LogP contribution in [0.4, 0.5) is 0 Å². The van der Waals surface area contributed by atoms with Crippen molar-refractivity contribution in [3.05, 3.63) is 0 Å². The van der Waals surface area contributed by atoms with E-state index in [-0.39, 0.29) is 6.29 Å². The molecule has 2 nitrogen and oxygen atoms in total. The van der Waals surface area contributed by atoms with Crippen LogP contribution in [-0.4, -0.2) is 19.0 Å². The second-order valence-corrected chi connectivity index (χ2v) is 2.68. The molecule has 60 valence electrons. The minimum Gasteiger partial charge on any atom is -0.350 e. The van der Waals surface area contributed by atoms with Crippen molar-refractivity contribution < 1.29 is 9.47 Å². The maximum Gasteiger partial charge on any atom is 0.184 e. The van der Waals surface area contributed by atoms with Crippen LogP contribution in [0.3, 0.4) is 0 Å². The molecular weight excluding hydrogens is 128 g/mol. The van der Waals surface area contributed by atoms with E-state index in [2.05, 4.69) is 13.8 Å². The first-order valence-electron chi connectivity index (χ1n) is 4.15. The van der Waals surface area contributed by atoms with Gasteiger partial charge in [0.15, 0.2) is 6.29 Å². The standard InChI is InChI=1S/C8H16O2/c1-3-5-6-9-8-7(4-2)10-8/h7-8H,3-6H2,1-2H3. The highest BCUT2D eigenvalue weighted by molar-refractivity contribution is 4.74. The molecule has 0 aliphatic carbocycles. The molecular formula is C8H16O2. The summed E-state index contributed by atoms with van der Waals surface area (Å²) in [6, 6.07) is 0. The molecule has 1 saturated heterocycles. The van der Waals surface area contributed by atoms with E-state index in [4.69, 9.17) is 9.47 Å². The van der Waals surface area contributed by atoms with E-state index in [0.29, 0.717) is 6.10 Å². The van der Waals surface area contributed by atoms with Crippen LogP contribution in [0.2, 0.25) is 0 Å². The summed E-state index contributed by atoms with van der Waals surface area (Å²) >= 11 is 0. The van der Waals surface area contributed by atoms with Gasteiger partial charge in [-0.3, -0.25) is 0 Å². The SMILES string of the molecule is CCCCOC1OC1CC. The molecule has 0 aromatic rings. The Morgan fingerprint density at radius 3 is 2.70 bits per heavy atom. The Kier molecular flexibility index (Phi) is 3.16. The zero-order chi connectivity index (χ0) is 7.40. The van der Waals surface area contributed by atoms with E-state index in [1.165, 1.54) is 6.42 Å². The third kappa shape index (κ3) is 2.27. The fourth-order valence-corrected chi connectivity index (χ4v) is 0.906. The van der Waals surface area contributed by atoms with Gasteiger partial charge in [-0.25, -0.2) is 0 Å². The predicted octanol–water partition coefficient (Wildman–Crippen LogP) is 1.94. The molecule has 1 aliphatic rings. The van der Waals surface area contributed by atoms with E-state index in [0.717, 1.165) is 19.4 Å². The Morgan fingerprint density at radius 2 is 2.20 bits per heavy atom. The zero-order valence-electron chi connectivity index (χ0n) is 6.80. The van der Waals surface area contributed by atoms with E-state index in [1.54, 1.807) is 0 Å². The molecule has 0 aromatic carbocycles. The van der Waals surface area contributed by atoms with Crippen LogP contribution < -0.4 is 0 Å². The van der Waals surface area contributed by atoms with Gasteiger partial charge in [-0.15, -0.1) is 0 Å². The molecule has 0 radical (unpaired) electrons. The van der Waals surface area contributed by atoms with E-state index in [1.807, 2.05) is 0 Å². The molecule has 0 saturated carbocycles. The molecule has 2 unspecified atom stereocenters. The first kappa shape index (κ1) is 8.02. The van der Waals surface area contributed by atoms with Gasteiger partial charge in [-0.1, -0.05) is 20.3 Å². The van der Waals surface area contributed by atoms with E-state index < -0.39 is 0 Å². The molecule has 0 N–H and O–H groups in total. The van der Waals surface area contributed by atoms with Crippen LogP contribution in [0, 0.1) is 0 Å². The van der Waals surface area contributed by atoms with Gasteiger partial charge in [0, 0.05) is 6.61 Å². The summed E-state index contributed by atoms with van der Waals surface area (Å²) in [6.45, 7) is 5.14. The lowest BCUT2D eigenvalue weighted by Gasteiger charge is -1.96. The Balaban J connectivity index is 1.87. The predicted molar refractivity (Wildman–Crippen MR) is 39.8 cm³/mol. The van der Waals surface area contributed by atoms with Gasteiger partial charge in [0.2, 0.25) is 0 Å². The van der Waals surface area contributed by atoms with Crippen molar-refractivity contribution >= 4 is 0 Å². The van der Waals surface area contributed by atoms with Crippen LogP contribution in [0.15, 0.2) is 0 Å². The Bertz CT molecular complexity index is 93.3. The molecule has 1 fully saturated rings. The van der Waals surface area contributed by atoms with Gasteiger partial charge in [-0.2, -0.15) is 0 Å². The minimum absolute atomic E-state index is 0.136. The number of epoxide rings is 1. The molecule has 0 bridgehead atoms. The van der Waals surface area contributed by atoms with Crippen LogP contribution in [0.5, 0.6) is 0 Å². The molecule has 1 heterocycles. The van der Waals surface area contributed by atoms with Gasteiger partial charge in [-0.05, 0) is 12.8 Å². The number of hydrogen-bond donors (Lipinski definition) is 0. The molecule has 2 atom stereocenters. The highest BCUT2D eigenvalue weighted by atomic mass is 16.8. The van der Waals surface area contributed by atoms with Gasteiger partial charge in [0.05, 0.1) is 0 Å². The smallest absolute Gasteiger partial charge is 0.184 e. The largest absolute Gasteiger partial charge is 0.350 e. The van der Waals surface area contributed by atoms with Crippen molar-refractivity contribution in [1.29, 1.82) is 0 Å². The first-order valence-corrected chi connectivity index (χ1v) is 4.15. The average Bonchev–Trinajstić information content (AvgIpc) is 2.68. The second kappa shape index (κ2) is 3.94. The molecule has 10 heavy (non-hydrogen) atoms. The Labute approximate surface area is 62.5 Å². The summed E-state index contributed by atoms with van der Waals surface area (Å²) in [5.41, 5.74) is 0. The first-order chi connectivity index (χ1) is 4.88. The zero-order valence-corrected chi connectivity index (χ0v) is 6.80. The quantitative estimate of drug-likeness (QED) is 0.434. The summed E-state index contributed by atoms with van der Waals surface area (Å²) in [5.74, 6) is 0. The Morgan fingerprint density at radius 1 is 1.40 bits per heavy atom. The third-order valence-electron chi connectivity index (χ3n) is 1.72. The highest BCUT2D eigenvalue weighted by Crippen LogP contribution is 2.25. The number of ether oxygens (including phenoxy) is 2. The lowest BCUT2D eigenvalue weighted by molar-refractivity contribution is 0.0486. The topological polar surface area (TPSA) is 21.8 Å². The van der Waals surface area contributed by atoms with Gasteiger partial charge < -0.3 is 9.47 Å². The van der Waals surface area contributed by atoms with Crippen molar-refractivity contribution in [1.82, 2.24) is 0 Å². The number of unbranched alkanes of at least 4 members (excludes halogenated alkanes) is 1. The molecule has 0 amide bonds. The third-order valence-corrected chi connectivity index (χ3v) is 1.72. The van der Waals surface area contributed by atoms with E-state index >= 15 is 0 Å². The number of hydrogen-bond acceptors (Lipinski definition) is 2. The summed E-state index contributed by atoms with van der Waals surface area (Å²) < 4.78 is 10.6. The fraction of sp³-hybridized carbons (Fsp3) is 1.00. The average molecular weight is 144 g/mol. The van der Waals surface area contributed by atoms with Gasteiger partial charge in [0.1, 0.15) is 6.10 Å². The summed E-state index contributed by atoms with van der Waals surface area (Å²) in [7, 11) is 0. The monoisotopic (exact) mass is 144 g/mol. The van der Waals surface area contributed by atoms with E-state index in [9.17, 15) is 0 Å². The maximum atomic E-state index is 5.37. The summed E-state index contributed by atoms with van der Waals surface area (Å²) in [6.07, 6.45) is 3.96. The Hall–Kier alpha value is -0.0800. The van der Waals surface area contributed by atoms with Crippen LogP contribution >= 0.6 is 0 Å². The van der Waals surface area contributed by atoms with Crippen molar-refractivity contribution in [3.8, 4) is 0 Å². The molecule has 1 rings (SSSR count). The molecule has 0 spiro atoms. The fourth-order valence-electron chi connectivity index (χ4n) is 0.906. The molecule has 2 heteroatoms. The summed E-state index contributed by atoms with van der Waals surface area (Å²) in [4.78, 5) is 0. The lowest BCUT2D eigenvalue weighted by atomic mass is 10.3. The van der Waals surface area contributed by atoms with Crippen molar-refractivity contribution in [2.45, 2.75) is 45.5 Å². The van der Waals surface area contributed by atoms with Crippen LogP contribution in [-0.2, 0) is 9.47 Å². The number of rotatable bonds is 5. The van der Waals surface area contributed by atoms with Crippen molar-refractivity contribution in [3.63, 3.8) is 0 Å². The molecule has 1 aliphatic heterocycles. The minimum atomic E-state index is 0.136. The lowest BCUT2D eigenvalue weighted by Crippen LogP contribution is -2.00. The highest BCUT2D eigenvalue weighted by Gasteiger charge is 2.37.